The van der Waals surface area contributed by atoms with E-state index in [0.29, 0.717) is 11.7 Å². The van der Waals surface area contributed by atoms with Crippen molar-refractivity contribution in [1.82, 2.24) is 9.88 Å². The van der Waals surface area contributed by atoms with Gasteiger partial charge in [0.1, 0.15) is 11.4 Å². The average Bonchev–Trinajstić information content (AvgIpc) is 2.41. The summed E-state index contributed by atoms with van der Waals surface area (Å²) in [6, 6.07) is 3.27. The van der Waals surface area contributed by atoms with Crippen LogP contribution in [0.25, 0.3) is 0 Å². The monoisotopic (exact) mass is 263 g/mol. The van der Waals surface area contributed by atoms with Gasteiger partial charge in [-0.3, -0.25) is 0 Å². The number of nitrogens with zero attached hydrogens (tertiary/aromatic N) is 3. The molecule has 0 aromatic carbocycles. The van der Waals surface area contributed by atoms with Crippen molar-refractivity contribution >= 4 is 11.8 Å². The second-order valence-corrected chi connectivity index (χ2v) is 5.31. The highest BCUT2D eigenvalue weighted by molar-refractivity contribution is 5.93. The Morgan fingerprint density at radius 1 is 1.53 bits per heavy atom. The van der Waals surface area contributed by atoms with Crippen molar-refractivity contribution in [1.29, 1.82) is 0 Å². The zero-order valence-corrected chi connectivity index (χ0v) is 11.5. The number of carboxylic acids is 1. The van der Waals surface area contributed by atoms with Crippen molar-refractivity contribution in [3.05, 3.63) is 23.9 Å². The average molecular weight is 263 g/mol. The molecule has 0 saturated carbocycles. The molecule has 1 aliphatic rings. The van der Waals surface area contributed by atoms with Crippen molar-refractivity contribution in [2.45, 2.75) is 12.8 Å². The Hall–Kier alpha value is -1.62. The molecule has 1 aromatic heterocycles. The quantitative estimate of drug-likeness (QED) is 0.893. The molecular formula is C14H21N3O2. The number of aromatic nitrogens is 1. The maximum atomic E-state index is 11.2. The van der Waals surface area contributed by atoms with Gasteiger partial charge in [0.05, 0.1) is 0 Å². The van der Waals surface area contributed by atoms with Gasteiger partial charge in [0.2, 0.25) is 0 Å². The fraction of sp³-hybridized carbons (Fsp3) is 0.571. The van der Waals surface area contributed by atoms with Crippen LogP contribution in [0.5, 0.6) is 0 Å². The molecule has 0 amide bonds. The SMILES string of the molecule is CN1CCC(CN(C)c2ncccc2C(=O)O)CC1. The predicted molar refractivity (Wildman–Crippen MR) is 74.7 cm³/mol. The van der Waals surface area contributed by atoms with Crippen molar-refractivity contribution in [2.24, 2.45) is 5.92 Å². The van der Waals surface area contributed by atoms with Gasteiger partial charge in [-0.1, -0.05) is 0 Å². The summed E-state index contributed by atoms with van der Waals surface area (Å²) < 4.78 is 0. The van der Waals surface area contributed by atoms with Gasteiger partial charge in [0.15, 0.2) is 0 Å². The lowest BCUT2D eigenvalue weighted by atomic mass is 9.96. The zero-order valence-electron chi connectivity index (χ0n) is 11.5. The number of rotatable bonds is 4. The Balaban J connectivity index is 2.03. The number of carbonyl (C=O) groups is 1. The molecule has 2 heterocycles. The van der Waals surface area contributed by atoms with Crippen LogP contribution in [0.2, 0.25) is 0 Å². The topological polar surface area (TPSA) is 56.7 Å². The van der Waals surface area contributed by atoms with Crippen molar-refractivity contribution in [3.63, 3.8) is 0 Å². The zero-order chi connectivity index (χ0) is 13.8. The normalized spacial score (nSPS) is 17.4. The van der Waals surface area contributed by atoms with Crippen LogP contribution >= 0.6 is 0 Å². The molecule has 1 aromatic rings. The van der Waals surface area contributed by atoms with Crippen LogP contribution in [-0.2, 0) is 0 Å². The van der Waals surface area contributed by atoms with Gasteiger partial charge in [0, 0.05) is 19.8 Å². The predicted octanol–water partition coefficient (Wildman–Crippen LogP) is 1.56. The molecular weight excluding hydrogens is 242 g/mol. The highest BCUT2D eigenvalue weighted by Gasteiger charge is 2.21. The van der Waals surface area contributed by atoms with Gasteiger partial charge in [-0.2, -0.15) is 0 Å². The van der Waals surface area contributed by atoms with Crippen LogP contribution in [0.3, 0.4) is 0 Å². The fourth-order valence-corrected chi connectivity index (χ4v) is 2.59. The molecule has 0 bridgehead atoms. The fourth-order valence-electron chi connectivity index (χ4n) is 2.59. The summed E-state index contributed by atoms with van der Waals surface area (Å²) in [5, 5.41) is 9.18. The summed E-state index contributed by atoms with van der Waals surface area (Å²) in [6.07, 6.45) is 3.97. The first-order chi connectivity index (χ1) is 9.08. The molecule has 0 aliphatic carbocycles. The van der Waals surface area contributed by atoms with Crippen molar-refractivity contribution < 1.29 is 9.90 Å². The van der Waals surface area contributed by atoms with Crippen LogP contribution in [-0.4, -0.2) is 54.7 Å². The number of pyridine rings is 1. The van der Waals surface area contributed by atoms with Gasteiger partial charge in [0.25, 0.3) is 0 Å². The van der Waals surface area contributed by atoms with Crippen LogP contribution in [0.4, 0.5) is 5.82 Å². The first-order valence-corrected chi connectivity index (χ1v) is 6.66. The van der Waals surface area contributed by atoms with E-state index in [9.17, 15) is 9.90 Å². The summed E-state index contributed by atoms with van der Waals surface area (Å²) in [5.74, 6) is 0.261. The van der Waals surface area contributed by atoms with E-state index in [-0.39, 0.29) is 5.56 Å². The van der Waals surface area contributed by atoms with E-state index < -0.39 is 5.97 Å². The summed E-state index contributed by atoms with van der Waals surface area (Å²) in [4.78, 5) is 19.7. The molecule has 0 spiro atoms. The van der Waals surface area contributed by atoms with E-state index in [1.54, 1.807) is 18.3 Å². The van der Waals surface area contributed by atoms with Gasteiger partial charge in [-0.25, -0.2) is 9.78 Å². The molecule has 1 fully saturated rings. The molecule has 19 heavy (non-hydrogen) atoms. The molecule has 1 aliphatic heterocycles. The Morgan fingerprint density at radius 3 is 2.84 bits per heavy atom. The second-order valence-electron chi connectivity index (χ2n) is 5.31. The third-order valence-corrected chi connectivity index (χ3v) is 3.75. The summed E-state index contributed by atoms with van der Waals surface area (Å²) in [5.41, 5.74) is 0.276. The van der Waals surface area contributed by atoms with Gasteiger partial charge in [-0.05, 0) is 51.0 Å². The number of likely N-dealkylation sites (tertiary alicyclic amines) is 1. The molecule has 104 valence electrons. The molecule has 0 unspecified atom stereocenters. The Labute approximate surface area is 113 Å². The van der Waals surface area contributed by atoms with Crippen LogP contribution in [0, 0.1) is 5.92 Å². The van der Waals surface area contributed by atoms with Crippen LogP contribution in [0.1, 0.15) is 23.2 Å². The molecule has 2 rings (SSSR count). The maximum absolute atomic E-state index is 11.2. The van der Waals surface area contributed by atoms with E-state index >= 15 is 0 Å². The van der Waals surface area contributed by atoms with Gasteiger partial charge in [-0.15, -0.1) is 0 Å². The van der Waals surface area contributed by atoms with E-state index in [2.05, 4.69) is 16.9 Å². The third-order valence-electron chi connectivity index (χ3n) is 3.75. The van der Waals surface area contributed by atoms with Gasteiger partial charge >= 0.3 is 5.97 Å². The third kappa shape index (κ3) is 3.44. The van der Waals surface area contributed by atoms with Crippen LogP contribution in [0.15, 0.2) is 18.3 Å². The van der Waals surface area contributed by atoms with E-state index in [4.69, 9.17) is 0 Å². The lowest BCUT2D eigenvalue weighted by molar-refractivity contribution is 0.0697. The van der Waals surface area contributed by atoms with Crippen LogP contribution < -0.4 is 4.90 Å². The minimum atomic E-state index is -0.918. The number of anilines is 1. The molecule has 1 N–H and O–H groups in total. The first kappa shape index (κ1) is 13.8. The minimum Gasteiger partial charge on any atom is -0.478 e. The molecule has 0 radical (unpaired) electrons. The second kappa shape index (κ2) is 6.02. The highest BCUT2D eigenvalue weighted by Crippen LogP contribution is 2.21. The molecule has 0 atom stereocenters. The Morgan fingerprint density at radius 2 is 2.21 bits per heavy atom. The first-order valence-electron chi connectivity index (χ1n) is 6.66. The minimum absolute atomic E-state index is 0.276. The highest BCUT2D eigenvalue weighted by atomic mass is 16.4. The number of hydrogen-bond donors (Lipinski definition) is 1. The lowest BCUT2D eigenvalue weighted by Gasteiger charge is -2.32. The summed E-state index contributed by atoms with van der Waals surface area (Å²) >= 11 is 0. The largest absolute Gasteiger partial charge is 0.478 e. The van der Waals surface area contributed by atoms with Crippen molar-refractivity contribution in [2.75, 3.05) is 38.6 Å². The lowest BCUT2D eigenvalue weighted by Crippen LogP contribution is -2.36. The maximum Gasteiger partial charge on any atom is 0.339 e. The smallest absolute Gasteiger partial charge is 0.339 e. The summed E-state index contributed by atoms with van der Waals surface area (Å²) in [7, 11) is 4.06. The molecule has 5 heteroatoms. The van der Waals surface area contributed by atoms with E-state index in [0.717, 1.165) is 32.5 Å². The summed E-state index contributed by atoms with van der Waals surface area (Å²) in [6.45, 7) is 3.10. The molecule has 1 saturated heterocycles. The Kier molecular flexibility index (Phi) is 4.37. The van der Waals surface area contributed by atoms with Crippen molar-refractivity contribution in [3.8, 4) is 0 Å². The molecule has 5 nitrogen and oxygen atoms in total. The Bertz CT molecular complexity index is 442. The van der Waals surface area contributed by atoms with E-state index in [1.807, 2.05) is 11.9 Å². The number of aromatic carboxylic acids is 1. The van der Waals surface area contributed by atoms with E-state index in [1.165, 1.54) is 0 Å². The van der Waals surface area contributed by atoms with Gasteiger partial charge < -0.3 is 14.9 Å². The number of hydrogen-bond acceptors (Lipinski definition) is 4. The number of carboxylic acid groups (broad SMARTS) is 1. The number of piperidine rings is 1. The standard InChI is InChI=1S/C14H21N3O2/c1-16-8-5-11(6-9-16)10-17(2)13-12(14(18)19)4-3-7-15-13/h3-4,7,11H,5-6,8-10H2,1-2H3,(H,18,19).